The summed E-state index contributed by atoms with van der Waals surface area (Å²) in [6.07, 6.45) is 5.17. The Bertz CT molecular complexity index is 902. The van der Waals surface area contributed by atoms with Gasteiger partial charge >= 0.3 is 0 Å². The number of hydrogen-bond acceptors (Lipinski definition) is 3. The molecule has 2 aromatic heterocycles. The third-order valence-corrected chi connectivity index (χ3v) is 4.86. The van der Waals surface area contributed by atoms with E-state index < -0.39 is 0 Å². The first-order valence-corrected chi connectivity index (χ1v) is 9.64. The molecule has 5 nitrogen and oxygen atoms in total. The van der Waals surface area contributed by atoms with E-state index in [1.165, 1.54) is 12.1 Å². The Kier molecular flexibility index (Phi) is 6.53. The topological polar surface area (TPSA) is 59.8 Å². The van der Waals surface area contributed by atoms with E-state index in [4.69, 9.17) is 0 Å². The maximum absolute atomic E-state index is 13.2. The number of carbonyl (C=O) groups is 1. The van der Waals surface area contributed by atoms with Crippen LogP contribution in [-0.2, 0) is 11.3 Å². The van der Waals surface area contributed by atoms with Crippen molar-refractivity contribution in [3.63, 3.8) is 0 Å². The van der Waals surface area contributed by atoms with E-state index in [1.807, 2.05) is 36.7 Å². The van der Waals surface area contributed by atoms with Gasteiger partial charge in [-0.15, -0.1) is 0 Å². The van der Waals surface area contributed by atoms with Crippen molar-refractivity contribution in [2.75, 3.05) is 6.54 Å². The van der Waals surface area contributed by atoms with Gasteiger partial charge in [0.15, 0.2) is 0 Å². The van der Waals surface area contributed by atoms with E-state index >= 15 is 0 Å². The predicted octanol–water partition coefficient (Wildman–Crippen LogP) is 4.30. The number of amides is 1. The fraction of sp³-hybridized carbons (Fsp3) is 0.318. The lowest BCUT2D eigenvalue weighted by molar-refractivity contribution is -0.125. The van der Waals surface area contributed by atoms with Gasteiger partial charge in [-0.1, -0.05) is 13.8 Å². The molecular weight excluding hydrogens is 355 g/mol. The highest BCUT2D eigenvalue weighted by Crippen LogP contribution is 2.26. The zero-order chi connectivity index (χ0) is 19.9. The van der Waals surface area contributed by atoms with E-state index in [-0.39, 0.29) is 17.6 Å². The van der Waals surface area contributed by atoms with E-state index in [9.17, 15) is 9.18 Å². The van der Waals surface area contributed by atoms with Crippen LogP contribution >= 0.6 is 0 Å². The maximum atomic E-state index is 13.2. The second-order valence-corrected chi connectivity index (χ2v) is 6.69. The number of carbonyl (C=O) groups excluding carboxylic acids is 1. The predicted molar refractivity (Wildman–Crippen MR) is 108 cm³/mol. The van der Waals surface area contributed by atoms with Crippen LogP contribution in [0.1, 0.15) is 26.7 Å². The number of hydrogen-bond donors (Lipinski definition) is 1. The van der Waals surface area contributed by atoms with Gasteiger partial charge in [0.1, 0.15) is 5.82 Å². The fourth-order valence-corrected chi connectivity index (χ4v) is 3.18. The quantitative estimate of drug-likeness (QED) is 0.634. The zero-order valence-electron chi connectivity index (χ0n) is 16.2. The van der Waals surface area contributed by atoms with Crippen molar-refractivity contribution in [3.8, 4) is 22.5 Å². The third-order valence-electron chi connectivity index (χ3n) is 4.86. The van der Waals surface area contributed by atoms with Gasteiger partial charge < -0.3 is 5.32 Å². The lowest BCUT2D eigenvalue weighted by atomic mass is 10.0. The van der Waals surface area contributed by atoms with Gasteiger partial charge in [-0.25, -0.2) is 4.39 Å². The van der Waals surface area contributed by atoms with Crippen LogP contribution < -0.4 is 5.32 Å². The molecule has 1 N–H and O–H groups in total. The minimum absolute atomic E-state index is 0.0465. The Morgan fingerprint density at radius 1 is 1.14 bits per heavy atom. The molecule has 0 aliphatic heterocycles. The van der Waals surface area contributed by atoms with Crippen LogP contribution in [0.15, 0.2) is 54.9 Å². The van der Waals surface area contributed by atoms with Gasteiger partial charge in [-0.3, -0.25) is 14.5 Å². The molecule has 0 unspecified atom stereocenters. The highest BCUT2D eigenvalue weighted by Gasteiger charge is 2.15. The zero-order valence-corrected chi connectivity index (χ0v) is 16.2. The molecule has 0 fully saturated rings. The molecule has 3 aromatic rings. The third kappa shape index (κ3) is 4.63. The van der Waals surface area contributed by atoms with Crippen LogP contribution in [0.25, 0.3) is 22.5 Å². The van der Waals surface area contributed by atoms with E-state index in [2.05, 4.69) is 15.4 Å². The summed E-state index contributed by atoms with van der Waals surface area (Å²) in [4.78, 5) is 16.4. The molecule has 0 aliphatic rings. The van der Waals surface area contributed by atoms with Crippen LogP contribution in [0.2, 0.25) is 0 Å². The summed E-state index contributed by atoms with van der Waals surface area (Å²) in [6, 6.07) is 12.1. The molecule has 6 heteroatoms. The van der Waals surface area contributed by atoms with Crippen molar-refractivity contribution in [1.82, 2.24) is 20.1 Å². The minimum Gasteiger partial charge on any atom is -0.354 e. The smallest absolute Gasteiger partial charge is 0.223 e. The lowest BCUT2D eigenvalue weighted by Gasteiger charge is -2.13. The molecular formula is C22H25FN4O. The Morgan fingerprint density at radius 3 is 2.54 bits per heavy atom. The Balaban J connectivity index is 1.82. The molecule has 0 atom stereocenters. The number of halogens is 1. The minimum atomic E-state index is -0.278. The fourth-order valence-electron chi connectivity index (χ4n) is 3.18. The van der Waals surface area contributed by atoms with Crippen molar-refractivity contribution in [1.29, 1.82) is 0 Å². The molecule has 0 radical (unpaired) electrons. The standard InChI is InChI=1S/C22H25FN4O/c1-3-16(4-2)22(28)25-12-13-27-21(18-6-5-11-24-15-18)14-20(26-27)17-7-9-19(23)10-8-17/h5-11,14-16H,3-4,12-13H2,1-2H3,(H,25,28). The summed E-state index contributed by atoms with van der Waals surface area (Å²) in [5.41, 5.74) is 3.44. The van der Waals surface area contributed by atoms with Crippen molar-refractivity contribution < 1.29 is 9.18 Å². The number of benzene rings is 1. The van der Waals surface area contributed by atoms with Crippen molar-refractivity contribution in [2.24, 2.45) is 5.92 Å². The Morgan fingerprint density at radius 2 is 1.89 bits per heavy atom. The summed E-state index contributed by atoms with van der Waals surface area (Å²) in [5.74, 6) is -0.149. The molecule has 1 aromatic carbocycles. The highest BCUT2D eigenvalue weighted by molar-refractivity contribution is 5.78. The SMILES string of the molecule is CCC(CC)C(=O)NCCn1nc(-c2ccc(F)cc2)cc1-c1cccnc1. The maximum Gasteiger partial charge on any atom is 0.223 e. The van der Waals surface area contributed by atoms with Gasteiger partial charge in [0, 0.05) is 36.0 Å². The normalized spacial score (nSPS) is 11.0. The van der Waals surface area contributed by atoms with Gasteiger partial charge in [0.05, 0.1) is 17.9 Å². The largest absolute Gasteiger partial charge is 0.354 e. The summed E-state index contributed by atoms with van der Waals surface area (Å²) in [7, 11) is 0. The van der Waals surface area contributed by atoms with Gasteiger partial charge in [0.2, 0.25) is 5.91 Å². The van der Waals surface area contributed by atoms with Crippen molar-refractivity contribution in [3.05, 3.63) is 60.7 Å². The van der Waals surface area contributed by atoms with Crippen LogP contribution in [0.4, 0.5) is 4.39 Å². The van der Waals surface area contributed by atoms with E-state index in [0.717, 1.165) is 35.4 Å². The Labute approximate surface area is 164 Å². The molecule has 146 valence electrons. The number of nitrogens with one attached hydrogen (secondary N) is 1. The summed E-state index contributed by atoms with van der Waals surface area (Å²) < 4.78 is 15.1. The van der Waals surface area contributed by atoms with E-state index in [1.54, 1.807) is 24.5 Å². The molecule has 28 heavy (non-hydrogen) atoms. The van der Waals surface area contributed by atoms with Crippen LogP contribution in [0.3, 0.4) is 0 Å². The second kappa shape index (κ2) is 9.26. The summed E-state index contributed by atoms with van der Waals surface area (Å²) in [5, 5.41) is 7.69. The molecule has 1 amide bonds. The molecule has 0 bridgehead atoms. The van der Waals surface area contributed by atoms with Crippen LogP contribution in [0.5, 0.6) is 0 Å². The van der Waals surface area contributed by atoms with Gasteiger partial charge in [0.25, 0.3) is 0 Å². The molecule has 0 saturated heterocycles. The average molecular weight is 380 g/mol. The number of pyridine rings is 1. The molecule has 3 rings (SSSR count). The van der Waals surface area contributed by atoms with Crippen molar-refractivity contribution >= 4 is 5.91 Å². The first-order valence-electron chi connectivity index (χ1n) is 9.64. The Hall–Kier alpha value is -3.02. The molecule has 0 spiro atoms. The number of aromatic nitrogens is 3. The lowest BCUT2D eigenvalue weighted by Crippen LogP contribution is -2.32. The summed E-state index contributed by atoms with van der Waals surface area (Å²) in [6.45, 7) is 5.08. The molecule has 0 aliphatic carbocycles. The molecule has 2 heterocycles. The monoisotopic (exact) mass is 380 g/mol. The highest BCUT2D eigenvalue weighted by atomic mass is 19.1. The van der Waals surface area contributed by atoms with Gasteiger partial charge in [-0.2, -0.15) is 5.10 Å². The second-order valence-electron chi connectivity index (χ2n) is 6.69. The van der Waals surface area contributed by atoms with Crippen LogP contribution in [0, 0.1) is 11.7 Å². The van der Waals surface area contributed by atoms with E-state index in [0.29, 0.717) is 13.1 Å². The summed E-state index contributed by atoms with van der Waals surface area (Å²) >= 11 is 0. The average Bonchev–Trinajstić information content (AvgIpc) is 3.14. The van der Waals surface area contributed by atoms with Crippen molar-refractivity contribution in [2.45, 2.75) is 33.2 Å². The first-order chi connectivity index (χ1) is 13.6. The molecule has 0 saturated carbocycles. The number of nitrogens with zero attached hydrogens (tertiary/aromatic N) is 3. The van der Waals surface area contributed by atoms with Gasteiger partial charge in [-0.05, 0) is 55.3 Å². The first kappa shape index (κ1) is 19.7. The number of rotatable bonds is 8. The van der Waals surface area contributed by atoms with Crippen LogP contribution in [-0.4, -0.2) is 27.2 Å².